The van der Waals surface area contributed by atoms with Crippen LogP contribution in [0.2, 0.25) is 0 Å². The number of rotatable bonds is 3. The third kappa shape index (κ3) is 2.24. The summed E-state index contributed by atoms with van der Waals surface area (Å²) < 4.78 is 3.67. The number of hydrogen-bond acceptors (Lipinski definition) is 3. The lowest BCUT2D eigenvalue weighted by Crippen LogP contribution is -2.15. The smallest absolute Gasteiger partial charge is 0.0644 e. The zero-order chi connectivity index (χ0) is 12.6. The molecule has 0 aliphatic heterocycles. The lowest BCUT2D eigenvalue weighted by molar-refractivity contribution is 0.666. The molecule has 1 atom stereocenters. The minimum Gasteiger partial charge on any atom is -0.324 e. The van der Waals surface area contributed by atoms with E-state index in [1.54, 1.807) is 4.68 Å². The topological polar surface area (TPSA) is 61.7 Å². The van der Waals surface area contributed by atoms with E-state index in [0.717, 1.165) is 29.1 Å². The van der Waals surface area contributed by atoms with Gasteiger partial charge in [-0.05, 0) is 19.9 Å². The van der Waals surface area contributed by atoms with E-state index in [-0.39, 0.29) is 6.04 Å². The summed E-state index contributed by atoms with van der Waals surface area (Å²) in [7, 11) is 3.86. The number of aryl methyl sites for hydroxylation is 3. The van der Waals surface area contributed by atoms with Crippen LogP contribution in [0.1, 0.15) is 28.7 Å². The van der Waals surface area contributed by atoms with Gasteiger partial charge in [0.25, 0.3) is 0 Å². The van der Waals surface area contributed by atoms with Gasteiger partial charge in [-0.2, -0.15) is 10.2 Å². The summed E-state index contributed by atoms with van der Waals surface area (Å²) in [6.07, 6.45) is 2.68. The van der Waals surface area contributed by atoms with Crippen LogP contribution < -0.4 is 5.73 Å². The van der Waals surface area contributed by atoms with Crippen LogP contribution in [0.3, 0.4) is 0 Å². The normalized spacial score (nSPS) is 13.0. The van der Waals surface area contributed by atoms with Crippen LogP contribution in [0.25, 0.3) is 0 Å². The molecule has 0 saturated carbocycles. The summed E-state index contributed by atoms with van der Waals surface area (Å²) >= 11 is 0. The van der Waals surface area contributed by atoms with Gasteiger partial charge in [0.2, 0.25) is 0 Å². The fourth-order valence-corrected chi connectivity index (χ4v) is 2.23. The summed E-state index contributed by atoms with van der Waals surface area (Å²) in [6, 6.07) is 1.96. The molecule has 5 nitrogen and oxygen atoms in total. The second-order valence-electron chi connectivity index (χ2n) is 4.50. The fraction of sp³-hybridized carbons (Fsp3) is 0.500. The first-order valence-corrected chi connectivity index (χ1v) is 5.73. The van der Waals surface area contributed by atoms with Crippen molar-refractivity contribution >= 4 is 0 Å². The lowest BCUT2D eigenvalue weighted by atomic mass is 10.0. The minimum atomic E-state index is -0.0430. The van der Waals surface area contributed by atoms with E-state index in [0.29, 0.717) is 0 Å². The van der Waals surface area contributed by atoms with Crippen LogP contribution >= 0.6 is 0 Å². The Kier molecular flexibility index (Phi) is 3.02. The fourth-order valence-electron chi connectivity index (χ4n) is 2.23. The number of nitrogens with two attached hydrogens (primary N) is 1. The maximum atomic E-state index is 6.25. The van der Waals surface area contributed by atoms with Crippen molar-refractivity contribution in [2.45, 2.75) is 26.3 Å². The van der Waals surface area contributed by atoms with E-state index in [1.807, 2.05) is 44.9 Å². The SMILES string of the molecule is Cc1nn(C)c(C)c1C(N)Cc1ccn(C)n1. The van der Waals surface area contributed by atoms with Gasteiger partial charge in [-0.25, -0.2) is 0 Å². The summed E-state index contributed by atoms with van der Waals surface area (Å²) in [5.74, 6) is 0. The third-order valence-electron chi connectivity index (χ3n) is 3.13. The van der Waals surface area contributed by atoms with E-state index in [2.05, 4.69) is 10.2 Å². The Morgan fingerprint density at radius 3 is 2.47 bits per heavy atom. The molecular weight excluding hydrogens is 214 g/mol. The Hall–Kier alpha value is -1.62. The molecule has 2 aromatic heterocycles. The van der Waals surface area contributed by atoms with Gasteiger partial charge in [0.05, 0.1) is 11.4 Å². The van der Waals surface area contributed by atoms with Crippen LogP contribution in [-0.4, -0.2) is 19.6 Å². The average molecular weight is 233 g/mol. The Balaban J connectivity index is 2.22. The first-order valence-electron chi connectivity index (χ1n) is 5.73. The van der Waals surface area contributed by atoms with Crippen LogP contribution in [0, 0.1) is 13.8 Å². The zero-order valence-electron chi connectivity index (χ0n) is 10.8. The van der Waals surface area contributed by atoms with E-state index in [9.17, 15) is 0 Å². The number of nitrogens with zero attached hydrogens (tertiary/aromatic N) is 4. The van der Waals surface area contributed by atoms with E-state index < -0.39 is 0 Å². The van der Waals surface area contributed by atoms with E-state index in [4.69, 9.17) is 5.73 Å². The molecular formula is C12H19N5. The van der Waals surface area contributed by atoms with Crippen molar-refractivity contribution in [1.82, 2.24) is 19.6 Å². The molecule has 0 saturated heterocycles. The minimum absolute atomic E-state index is 0.0430. The van der Waals surface area contributed by atoms with Gasteiger partial charge >= 0.3 is 0 Å². The first-order chi connectivity index (χ1) is 7.99. The molecule has 1 unspecified atom stereocenters. The van der Waals surface area contributed by atoms with E-state index >= 15 is 0 Å². The van der Waals surface area contributed by atoms with Gasteiger partial charge in [-0.15, -0.1) is 0 Å². The molecule has 0 radical (unpaired) electrons. The maximum Gasteiger partial charge on any atom is 0.0644 e. The Morgan fingerprint density at radius 2 is 2.00 bits per heavy atom. The molecule has 2 N–H and O–H groups in total. The highest BCUT2D eigenvalue weighted by Crippen LogP contribution is 2.21. The highest BCUT2D eigenvalue weighted by Gasteiger charge is 2.17. The largest absolute Gasteiger partial charge is 0.324 e. The maximum absolute atomic E-state index is 6.25. The summed E-state index contributed by atoms with van der Waals surface area (Å²) in [6.45, 7) is 4.05. The van der Waals surface area contributed by atoms with Crippen molar-refractivity contribution in [3.8, 4) is 0 Å². The van der Waals surface area contributed by atoms with Crippen LogP contribution in [0.15, 0.2) is 12.3 Å². The van der Waals surface area contributed by atoms with Crippen molar-refractivity contribution in [2.24, 2.45) is 19.8 Å². The first kappa shape index (κ1) is 11.9. The third-order valence-corrected chi connectivity index (χ3v) is 3.13. The van der Waals surface area contributed by atoms with Crippen molar-refractivity contribution in [3.05, 3.63) is 34.9 Å². The Morgan fingerprint density at radius 1 is 1.29 bits per heavy atom. The highest BCUT2D eigenvalue weighted by atomic mass is 15.3. The quantitative estimate of drug-likeness (QED) is 0.860. The molecule has 0 aliphatic rings. The molecule has 5 heteroatoms. The van der Waals surface area contributed by atoms with Gasteiger partial charge in [0, 0.05) is 44.0 Å². The van der Waals surface area contributed by atoms with Gasteiger partial charge < -0.3 is 5.73 Å². The van der Waals surface area contributed by atoms with Gasteiger partial charge in [0.15, 0.2) is 0 Å². The van der Waals surface area contributed by atoms with E-state index in [1.165, 1.54) is 0 Å². The summed E-state index contributed by atoms with van der Waals surface area (Å²) in [4.78, 5) is 0. The number of aromatic nitrogens is 4. The highest BCUT2D eigenvalue weighted by molar-refractivity contribution is 5.28. The van der Waals surface area contributed by atoms with Gasteiger partial charge in [-0.1, -0.05) is 0 Å². The average Bonchev–Trinajstić information content (AvgIpc) is 2.73. The van der Waals surface area contributed by atoms with Gasteiger partial charge in [0.1, 0.15) is 0 Å². The predicted molar refractivity (Wildman–Crippen MR) is 66.5 cm³/mol. The molecule has 17 heavy (non-hydrogen) atoms. The molecule has 2 rings (SSSR count). The van der Waals surface area contributed by atoms with Gasteiger partial charge in [-0.3, -0.25) is 9.36 Å². The number of hydrogen-bond donors (Lipinski definition) is 1. The second-order valence-corrected chi connectivity index (χ2v) is 4.50. The van der Waals surface area contributed by atoms with Crippen molar-refractivity contribution in [3.63, 3.8) is 0 Å². The second kappa shape index (κ2) is 4.33. The standard InChI is InChI=1S/C12H19N5/c1-8-12(9(2)17(4)14-8)11(13)7-10-5-6-16(3)15-10/h5-6,11H,7,13H2,1-4H3. The van der Waals surface area contributed by atoms with Crippen molar-refractivity contribution in [2.75, 3.05) is 0 Å². The monoisotopic (exact) mass is 233 g/mol. The molecule has 0 fully saturated rings. The zero-order valence-corrected chi connectivity index (χ0v) is 10.8. The summed E-state index contributed by atoms with van der Waals surface area (Å²) in [5, 5.41) is 8.74. The molecule has 2 heterocycles. The Labute approximate surface area is 101 Å². The summed E-state index contributed by atoms with van der Waals surface area (Å²) in [5.41, 5.74) is 10.5. The molecule has 2 aromatic rings. The molecule has 0 bridgehead atoms. The van der Waals surface area contributed by atoms with Crippen LogP contribution in [0.4, 0.5) is 0 Å². The molecule has 0 aromatic carbocycles. The van der Waals surface area contributed by atoms with Crippen molar-refractivity contribution in [1.29, 1.82) is 0 Å². The van der Waals surface area contributed by atoms with Crippen molar-refractivity contribution < 1.29 is 0 Å². The lowest BCUT2D eigenvalue weighted by Gasteiger charge is -2.10. The molecule has 92 valence electrons. The molecule has 0 spiro atoms. The predicted octanol–water partition coefficient (Wildman–Crippen LogP) is 1.01. The molecule has 0 aliphatic carbocycles. The Bertz CT molecular complexity index is 523. The molecule has 0 amide bonds. The van der Waals surface area contributed by atoms with Crippen LogP contribution in [-0.2, 0) is 20.5 Å². The van der Waals surface area contributed by atoms with Crippen LogP contribution in [0.5, 0.6) is 0 Å².